The van der Waals surface area contributed by atoms with Gasteiger partial charge in [0.25, 0.3) is 5.91 Å². The van der Waals surface area contributed by atoms with Crippen LogP contribution >= 0.6 is 34.4 Å². The van der Waals surface area contributed by atoms with Crippen LogP contribution in [0.4, 0.5) is 5.13 Å². The van der Waals surface area contributed by atoms with E-state index in [1.807, 2.05) is 27.7 Å². The summed E-state index contributed by atoms with van der Waals surface area (Å²) in [6, 6.07) is 0. The van der Waals surface area contributed by atoms with Crippen molar-refractivity contribution in [2.75, 3.05) is 11.1 Å². The Labute approximate surface area is 146 Å². The standard InChI is InChI=1S/C14H18N4O2S3/c1-6(2)12-16-7(3)10(22-12)11(20)18-14-17-8(4)13(23-14)21-5-9(15)19/h6H,5H2,1-4H3,(H2,15,19)(H,17,18,20). The molecular weight excluding hydrogens is 352 g/mol. The molecule has 2 amide bonds. The fourth-order valence-corrected chi connectivity index (χ4v) is 4.57. The molecule has 0 aliphatic carbocycles. The highest BCUT2D eigenvalue weighted by Gasteiger charge is 2.19. The Bertz CT molecular complexity index is 736. The van der Waals surface area contributed by atoms with E-state index in [9.17, 15) is 9.59 Å². The maximum atomic E-state index is 12.4. The van der Waals surface area contributed by atoms with Crippen molar-refractivity contribution in [3.63, 3.8) is 0 Å². The molecule has 0 aromatic carbocycles. The Morgan fingerprint density at radius 2 is 1.91 bits per heavy atom. The molecular formula is C14H18N4O2S3. The molecule has 2 rings (SSSR count). The normalized spacial score (nSPS) is 11.0. The Morgan fingerprint density at radius 3 is 2.48 bits per heavy atom. The Balaban J connectivity index is 2.11. The summed E-state index contributed by atoms with van der Waals surface area (Å²) >= 11 is 4.08. The van der Waals surface area contributed by atoms with E-state index in [0.717, 1.165) is 20.6 Å². The lowest BCUT2D eigenvalue weighted by Gasteiger charge is -1.99. The molecule has 0 saturated carbocycles. The molecule has 0 spiro atoms. The molecule has 9 heteroatoms. The van der Waals surface area contributed by atoms with Gasteiger partial charge in [-0.3, -0.25) is 14.9 Å². The van der Waals surface area contributed by atoms with Crippen LogP contribution in [-0.4, -0.2) is 27.5 Å². The number of carbonyl (C=O) groups is 2. The summed E-state index contributed by atoms with van der Waals surface area (Å²) in [7, 11) is 0. The quantitative estimate of drug-likeness (QED) is 0.761. The topological polar surface area (TPSA) is 98.0 Å². The van der Waals surface area contributed by atoms with Crippen molar-refractivity contribution in [2.45, 2.75) is 37.8 Å². The maximum Gasteiger partial charge on any atom is 0.269 e. The number of thiazole rings is 2. The molecule has 0 saturated heterocycles. The van der Waals surface area contributed by atoms with Gasteiger partial charge < -0.3 is 5.73 Å². The summed E-state index contributed by atoms with van der Waals surface area (Å²) in [6.45, 7) is 7.77. The summed E-state index contributed by atoms with van der Waals surface area (Å²) in [5, 5.41) is 4.27. The fourth-order valence-electron chi connectivity index (χ4n) is 1.74. The summed E-state index contributed by atoms with van der Waals surface area (Å²) in [6.07, 6.45) is 0. The van der Waals surface area contributed by atoms with Gasteiger partial charge >= 0.3 is 0 Å². The van der Waals surface area contributed by atoms with Gasteiger partial charge in [0, 0.05) is 5.92 Å². The van der Waals surface area contributed by atoms with Crippen molar-refractivity contribution in [3.8, 4) is 0 Å². The van der Waals surface area contributed by atoms with E-state index in [2.05, 4.69) is 15.3 Å². The van der Waals surface area contributed by atoms with E-state index < -0.39 is 0 Å². The third-order valence-electron chi connectivity index (χ3n) is 2.83. The van der Waals surface area contributed by atoms with Gasteiger partial charge in [-0.25, -0.2) is 9.97 Å². The van der Waals surface area contributed by atoms with E-state index in [0.29, 0.717) is 15.9 Å². The second-order valence-corrected chi connectivity index (χ2v) is 8.50. The summed E-state index contributed by atoms with van der Waals surface area (Å²) in [5.41, 5.74) is 6.65. The van der Waals surface area contributed by atoms with Crippen molar-refractivity contribution in [2.24, 2.45) is 5.73 Å². The highest BCUT2D eigenvalue weighted by atomic mass is 32.2. The number of hydrogen-bond acceptors (Lipinski definition) is 7. The zero-order chi connectivity index (χ0) is 17.1. The number of nitrogens with one attached hydrogen (secondary N) is 1. The zero-order valence-corrected chi connectivity index (χ0v) is 15.7. The lowest BCUT2D eigenvalue weighted by Crippen LogP contribution is -2.12. The number of amides is 2. The first-order valence-corrected chi connectivity index (χ1v) is 9.57. The minimum absolute atomic E-state index is 0.197. The van der Waals surface area contributed by atoms with E-state index >= 15 is 0 Å². The molecule has 6 nitrogen and oxygen atoms in total. The number of nitrogens with zero attached hydrogens (tertiary/aromatic N) is 2. The highest BCUT2D eigenvalue weighted by Crippen LogP contribution is 2.32. The first-order chi connectivity index (χ1) is 10.8. The molecule has 0 unspecified atom stereocenters. The smallest absolute Gasteiger partial charge is 0.269 e. The molecule has 2 aromatic heterocycles. The van der Waals surface area contributed by atoms with Crippen molar-refractivity contribution >= 4 is 51.4 Å². The van der Waals surface area contributed by atoms with Crippen LogP contribution in [0.2, 0.25) is 0 Å². The van der Waals surface area contributed by atoms with Crippen LogP contribution in [0.25, 0.3) is 0 Å². The number of primary amides is 1. The zero-order valence-electron chi connectivity index (χ0n) is 13.3. The number of hydrogen-bond donors (Lipinski definition) is 2. The largest absolute Gasteiger partial charge is 0.369 e. The van der Waals surface area contributed by atoms with Gasteiger partial charge in [0.05, 0.1) is 26.4 Å². The average Bonchev–Trinajstić information content (AvgIpc) is 3.00. The monoisotopic (exact) mass is 370 g/mol. The van der Waals surface area contributed by atoms with Crippen LogP contribution in [0.5, 0.6) is 0 Å². The minimum Gasteiger partial charge on any atom is -0.369 e. The van der Waals surface area contributed by atoms with E-state index in [1.54, 1.807) is 0 Å². The number of aromatic nitrogens is 2. The number of rotatable bonds is 6. The Hall–Kier alpha value is -1.45. The highest BCUT2D eigenvalue weighted by molar-refractivity contribution is 8.01. The first-order valence-electron chi connectivity index (χ1n) is 6.95. The molecule has 0 bridgehead atoms. The number of thioether (sulfide) groups is 1. The third-order valence-corrected chi connectivity index (χ3v) is 6.75. The molecule has 2 aromatic rings. The molecule has 3 N–H and O–H groups in total. The summed E-state index contributed by atoms with van der Waals surface area (Å²) < 4.78 is 0.878. The number of carbonyl (C=O) groups excluding carboxylic acids is 2. The van der Waals surface area contributed by atoms with Crippen LogP contribution in [0.3, 0.4) is 0 Å². The lowest BCUT2D eigenvalue weighted by molar-refractivity contribution is -0.115. The molecule has 124 valence electrons. The molecule has 0 aliphatic heterocycles. The number of aryl methyl sites for hydroxylation is 2. The van der Waals surface area contributed by atoms with Gasteiger partial charge in [-0.1, -0.05) is 25.2 Å². The predicted molar refractivity (Wildman–Crippen MR) is 95.7 cm³/mol. The summed E-state index contributed by atoms with van der Waals surface area (Å²) in [5.74, 6) is -0.0941. The van der Waals surface area contributed by atoms with E-state index in [-0.39, 0.29) is 17.6 Å². The van der Waals surface area contributed by atoms with Gasteiger partial charge in [0.2, 0.25) is 5.91 Å². The third kappa shape index (κ3) is 4.52. The van der Waals surface area contributed by atoms with Gasteiger partial charge in [0.15, 0.2) is 5.13 Å². The van der Waals surface area contributed by atoms with Gasteiger partial charge in [0.1, 0.15) is 4.88 Å². The average molecular weight is 371 g/mol. The van der Waals surface area contributed by atoms with Crippen LogP contribution in [0.15, 0.2) is 4.21 Å². The van der Waals surface area contributed by atoms with Gasteiger partial charge in [-0.2, -0.15) is 0 Å². The Morgan fingerprint density at radius 1 is 1.22 bits per heavy atom. The SMILES string of the molecule is Cc1nc(NC(=O)c2sc(C(C)C)nc2C)sc1SCC(N)=O. The van der Waals surface area contributed by atoms with Gasteiger partial charge in [-0.15, -0.1) is 23.1 Å². The number of anilines is 1. The fraction of sp³-hybridized carbons (Fsp3) is 0.429. The molecule has 2 heterocycles. The van der Waals surface area contributed by atoms with Crippen LogP contribution in [0.1, 0.15) is 45.8 Å². The molecule has 0 aliphatic rings. The van der Waals surface area contributed by atoms with Crippen molar-refractivity contribution in [1.82, 2.24) is 9.97 Å². The minimum atomic E-state index is -0.380. The molecule has 23 heavy (non-hydrogen) atoms. The number of nitrogens with two attached hydrogens (primary N) is 1. The molecule has 0 atom stereocenters. The van der Waals surface area contributed by atoms with Crippen LogP contribution in [0, 0.1) is 13.8 Å². The van der Waals surface area contributed by atoms with Crippen molar-refractivity contribution in [3.05, 3.63) is 21.3 Å². The first kappa shape index (κ1) is 17.9. The molecule has 0 radical (unpaired) electrons. The van der Waals surface area contributed by atoms with E-state index in [4.69, 9.17) is 5.73 Å². The van der Waals surface area contributed by atoms with E-state index in [1.165, 1.54) is 34.4 Å². The van der Waals surface area contributed by atoms with Crippen molar-refractivity contribution in [1.29, 1.82) is 0 Å². The second kappa shape index (κ2) is 7.41. The van der Waals surface area contributed by atoms with Crippen LogP contribution < -0.4 is 11.1 Å². The maximum absolute atomic E-state index is 12.4. The second-order valence-electron chi connectivity index (χ2n) is 5.22. The van der Waals surface area contributed by atoms with Gasteiger partial charge in [-0.05, 0) is 13.8 Å². The lowest BCUT2D eigenvalue weighted by atomic mass is 10.2. The van der Waals surface area contributed by atoms with Crippen LogP contribution in [-0.2, 0) is 4.79 Å². The molecule has 0 fully saturated rings. The van der Waals surface area contributed by atoms with Crippen molar-refractivity contribution < 1.29 is 9.59 Å². The summed E-state index contributed by atoms with van der Waals surface area (Å²) in [4.78, 5) is 32.6. The Kier molecular flexibility index (Phi) is 5.77. The predicted octanol–water partition coefficient (Wildman–Crippen LogP) is 3.17.